The van der Waals surface area contributed by atoms with Gasteiger partial charge in [0, 0.05) is 13.6 Å². The Morgan fingerprint density at radius 1 is 1.35 bits per heavy atom. The highest BCUT2D eigenvalue weighted by molar-refractivity contribution is 5.84. The maximum absolute atomic E-state index is 12.1. The largest absolute Gasteiger partial charge is 0.390 e. The van der Waals surface area contributed by atoms with E-state index in [9.17, 15) is 13.2 Å². The van der Waals surface area contributed by atoms with Gasteiger partial charge in [-0.05, 0) is 7.05 Å². The predicted molar refractivity (Wildman–Crippen MR) is 67.7 cm³/mol. The second-order valence-corrected chi connectivity index (χ2v) is 4.63. The summed E-state index contributed by atoms with van der Waals surface area (Å²) in [6, 6.07) is 0. The second kappa shape index (κ2) is 5.23. The highest BCUT2D eigenvalue weighted by Gasteiger charge is 2.27. The molecule has 0 unspecified atom stereocenters. The summed E-state index contributed by atoms with van der Waals surface area (Å²) in [4.78, 5) is 9.86. The van der Waals surface area contributed by atoms with Gasteiger partial charge >= 0.3 is 6.18 Å². The molecule has 2 N–H and O–H groups in total. The van der Waals surface area contributed by atoms with Crippen LogP contribution in [0, 0.1) is 0 Å². The Bertz CT molecular complexity index is 606. The summed E-state index contributed by atoms with van der Waals surface area (Å²) in [6.07, 6.45) is -3.48. The van der Waals surface area contributed by atoms with Crippen molar-refractivity contribution in [2.75, 3.05) is 19.3 Å². The molecule has 2 aromatic rings. The summed E-state index contributed by atoms with van der Waals surface area (Å²) in [6.45, 7) is 0.0809. The maximum Gasteiger partial charge on any atom is 0.390 e. The number of anilines is 1. The van der Waals surface area contributed by atoms with Crippen molar-refractivity contribution in [2.24, 2.45) is 7.05 Å². The van der Waals surface area contributed by atoms with Crippen LogP contribution in [0.25, 0.3) is 11.0 Å². The third kappa shape index (κ3) is 3.35. The number of halogens is 3. The molecule has 0 aliphatic carbocycles. The minimum Gasteiger partial charge on any atom is -0.383 e. The van der Waals surface area contributed by atoms with E-state index in [4.69, 9.17) is 5.73 Å². The standard InChI is InChI=1S/C11H15F3N6/c1-19(4-3-11(12,13)14)6-8-17-9(15)7-5-16-20(2)10(7)18-8/h5H,3-4,6H2,1-2H3,(H2,15,17,18). The number of nitrogen functional groups attached to an aromatic ring is 1. The summed E-state index contributed by atoms with van der Waals surface area (Å²) in [5.74, 6) is 0.658. The van der Waals surface area contributed by atoms with E-state index in [-0.39, 0.29) is 18.9 Å². The third-order valence-electron chi connectivity index (χ3n) is 2.86. The van der Waals surface area contributed by atoms with Crippen LogP contribution in [0.2, 0.25) is 0 Å². The van der Waals surface area contributed by atoms with Crippen LogP contribution in [0.1, 0.15) is 12.2 Å². The summed E-state index contributed by atoms with van der Waals surface area (Å²) in [7, 11) is 3.30. The third-order valence-corrected chi connectivity index (χ3v) is 2.86. The van der Waals surface area contributed by atoms with Crippen molar-refractivity contribution < 1.29 is 13.2 Å². The maximum atomic E-state index is 12.1. The van der Waals surface area contributed by atoms with Crippen LogP contribution < -0.4 is 5.73 Å². The molecule has 0 fully saturated rings. The summed E-state index contributed by atoms with van der Waals surface area (Å²) in [5.41, 5.74) is 6.35. The van der Waals surface area contributed by atoms with Crippen LogP contribution in [-0.2, 0) is 13.6 Å². The summed E-state index contributed by atoms with van der Waals surface area (Å²) in [5, 5.41) is 4.65. The molecule has 110 valence electrons. The zero-order valence-corrected chi connectivity index (χ0v) is 11.1. The Labute approximate surface area is 113 Å². The average Bonchev–Trinajstić information content (AvgIpc) is 2.69. The topological polar surface area (TPSA) is 72.9 Å². The van der Waals surface area contributed by atoms with Gasteiger partial charge in [0.1, 0.15) is 11.6 Å². The second-order valence-electron chi connectivity index (χ2n) is 4.63. The molecule has 0 aliphatic rings. The molecule has 0 aliphatic heterocycles. The van der Waals surface area contributed by atoms with Gasteiger partial charge in [-0.15, -0.1) is 0 Å². The molecule has 6 nitrogen and oxygen atoms in total. The molecule has 0 spiro atoms. The molecule has 0 bridgehead atoms. The van der Waals surface area contributed by atoms with E-state index in [2.05, 4.69) is 15.1 Å². The average molecular weight is 288 g/mol. The molecule has 2 heterocycles. The van der Waals surface area contributed by atoms with Gasteiger partial charge in [-0.2, -0.15) is 18.3 Å². The van der Waals surface area contributed by atoms with Crippen molar-refractivity contribution in [3.63, 3.8) is 0 Å². The number of aryl methyl sites for hydroxylation is 1. The number of hydrogen-bond donors (Lipinski definition) is 1. The highest BCUT2D eigenvalue weighted by Crippen LogP contribution is 2.20. The Morgan fingerprint density at radius 3 is 2.70 bits per heavy atom. The number of nitrogens with zero attached hydrogens (tertiary/aromatic N) is 5. The fourth-order valence-corrected chi connectivity index (χ4v) is 1.80. The van der Waals surface area contributed by atoms with Gasteiger partial charge in [-0.25, -0.2) is 9.97 Å². The van der Waals surface area contributed by atoms with Crippen LogP contribution in [0.5, 0.6) is 0 Å². The van der Waals surface area contributed by atoms with Gasteiger partial charge in [0.2, 0.25) is 0 Å². The first-order valence-corrected chi connectivity index (χ1v) is 5.95. The van der Waals surface area contributed by atoms with E-state index in [1.807, 2.05) is 0 Å². The van der Waals surface area contributed by atoms with Crippen LogP contribution >= 0.6 is 0 Å². The van der Waals surface area contributed by atoms with E-state index in [0.717, 1.165) is 0 Å². The Hall–Kier alpha value is -1.90. The molecule has 2 rings (SSSR count). The lowest BCUT2D eigenvalue weighted by molar-refractivity contribution is -0.137. The van der Waals surface area contributed by atoms with Crippen molar-refractivity contribution in [1.29, 1.82) is 0 Å². The van der Waals surface area contributed by atoms with Gasteiger partial charge in [0.05, 0.1) is 24.5 Å². The van der Waals surface area contributed by atoms with E-state index in [0.29, 0.717) is 16.9 Å². The minimum absolute atomic E-state index is 0.115. The fraction of sp³-hybridized carbons (Fsp3) is 0.545. The smallest absolute Gasteiger partial charge is 0.383 e. The normalized spacial score (nSPS) is 12.5. The molecule has 0 radical (unpaired) electrons. The minimum atomic E-state index is -4.17. The number of hydrogen-bond acceptors (Lipinski definition) is 5. The van der Waals surface area contributed by atoms with Crippen molar-refractivity contribution in [1.82, 2.24) is 24.6 Å². The van der Waals surface area contributed by atoms with Crippen molar-refractivity contribution in [3.8, 4) is 0 Å². The number of aromatic nitrogens is 4. The molecule has 2 aromatic heterocycles. The van der Waals surface area contributed by atoms with E-state index in [1.165, 1.54) is 4.90 Å². The zero-order chi connectivity index (χ0) is 14.9. The quantitative estimate of drug-likeness (QED) is 0.919. The lowest BCUT2D eigenvalue weighted by Crippen LogP contribution is -2.25. The first-order chi connectivity index (χ1) is 9.26. The number of alkyl halides is 3. The Kier molecular flexibility index (Phi) is 3.80. The number of fused-ring (bicyclic) bond motifs is 1. The summed E-state index contributed by atoms with van der Waals surface area (Å²) >= 11 is 0. The van der Waals surface area contributed by atoms with Gasteiger partial charge < -0.3 is 5.73 Å². The molecule has 0 saturated carbocycles. The van der Waals surface area contributed by atoms with Gasteiger partial charge in [0.25, 0.3) is 0 Å². The fourth-order valence-electron chi connectivity index (χ4n) is 1.80. The predicted octanol–water partition coefficient (Wildman–Crippen LogP) is 1.33. The van der Waals surface area contributed by atoms with E-state index < -0.39 is 12.6 Å². The molecule has 9 heteroatoms. The van der Waals surface area contributed by atoms with Gasteiger partial charge in [-0.3, -0.25) is 9.58 Å². The molecule has 0 amide bonds. The number of nitrogens with two attached hydrogens (primary N) is 1. The van der Waals surface area contributed by atoms with Crippen molar-refractivity contribution >= 4 is 16.9 Å². The summed E-state index contributed by atoms with van der Waals surface area (Å²) < 4.78 is 38.0. The monoisotopic (exact) mass is 288 g/mol. The molecule has 0 aromatic carbocycles. The Balaban J connectivity index is 2.11. The molecule has 0 saturated heterocycles. The lowest BCUT2D eigenvalue weighted by atomic mass is 10.3. The van der Waals surface area contributed by atoms with Crippen LogP contribution in [0.3, 0.4) is 0 Å². The zero-order valence-electron chi connectivity index (χ0n) is 11.1. The van der Waals surface area contributed by atoms with Crippen LogP contribution in [0.15, 0.2) is 6.20 Å². The van der Waals surface area contributed by atoms with E-state index in [1.54, 1.807) is 25.0 Å². The Morgan fingerprint density at radius 2 is 2.05 bits per heavy atom. The molecule has 20 heavy (non-hydrogen) atoms. The first-order valence-electron chi connectivity index (χ1n) is 5.95. The van der Waals surface area contributed by atoms with Crippen LogP contribution in [-0.4, -0.2) is 44.4 Å². The molecular formula is C11H15F3N6. The highest BCUT2D eigenvalue weighted by atomic mass is 19.4. The van der Waals surface area contributed by atoms with Crippen molar-refractivity contribution in [3.05, 3.63) is 12.0 Å². The SMILES string of the molecule is CN(CCC(F)(F)F)Cc1nc(N)c2cnn(C)c2n1. The van der Waals surface area contributed by atoms with E-state index >= 15 is 0 Å². The molecule has 0 atom stereocenters. The van der Waals surface area contributed by atoms with Crippen molar-refractivity contribution in [2.45, 2.75) is 19.1 Å². The van der Waals surface area contributed by atoms with Gasteiger partial charge in [0.15, 0.2) is 5.65 Å². The van der Waals surface area contributed by atoms with Gasteiger partial charge in [-0.1, -0.05) is 0 Å². The molecular weight excluding hydrogens is 273 g/mol. The first kappa shape index (κ1) is 14.5. The number of rotatable bonds is 4. The van der Waals surface area contributed by atoms with Crippen LogP contribution in [0.4, 0.5) is 19.0 Å². The lowest BCUT2D eigenvalue weighted by Gasteiger charge is -2.16.